The molecule has 4 heterocycles. The molecule has 2 aliphatic heterocycles. The van der Waals surface area contributed by atoms with Crippen molar-refractivity contribution in [3.05, 3.63) is 60.4 Å². The first-order valence-corrected chi connectivity index (χ1v) is 10.00. The summed E-state index contributed by atoms with van der Waals surface area (Å²) in [6, 6.07) is 9.79. The van der Waals surface area contributed by atoms with E-state index in [2.05, 4.69) is 25.9 Å². The lowest BCUT2D eigenvalue weighted by Gasteiger charge is -2.15. The zero-order valence-electron chi connectivity index (χ0n) is 16.8. The number of halogens is 1. The second-order valence-corrected chi connectivity index (χ2v) is 7.18. The number of hydrogen-bond donors (Lipinski definition) is 2. The lowest BCUT2D eigenvalue weighted by molar-refractivity contribution is 0.136. The van der Waals surface area contributed by atoms with Gasteiger partial charge in [-0.05, 0) is 24.3 Å². The van der Waals surface area contributed by atoms with Crippen LogP contribution in [0.15, 0.2) is 58.5 Å². The van der Waals surface area contributed by atoms with E-state index in [0.29, 0.717) is 53.9 Å². The van der Waals surface area contributed by atoms with E-state index in [1.54, 1.807) is 36.5 Å². The lowest BCUT2D eigenvalue weighted by atomic mass is 10.1. The quantitative estimate of drug-likeness (QED) is 0.604. The van der Waals surface area contributed by atoms with Gasteiger partial charge in [0.25, 0.3) is 0 Å². The van der Waals surface area contributed by atoms with Gasteiger partial charge in [0.05, 0.1) is 25.3 Å². The van der Waals surface area contributed by atoms with Gasteiger partial charge in [-0.25, -0.2) is 9.18 Å². The average molecular weight is 438 g/mol. The molecule has 2 aliphatic rings. The van der Waals surface area contributed by atoms with Gasteiger partial charge in [0.1, 0.15) is 30.5 Å². The van der Waals surface area contributed by atoms with Crippen molar-refractivity contribution in [3.63, 3.8) is 0 Å². The van der Waals surface area contributed by atoms with Gasteiger partial charge in [-0.1, -0.05) is 16.4 Å². The van der Waals surface area contributed by atoms with Gasteiger partial charge in [0.15, 0.2) is 11.7 Å². The number of benzene rings is 1. The predicted molar refractivity (Wildman–Crippen MR) is 113 cm³/mol. The summed E-state index contributed by atoms with van der Waals surface area (Å²) in [6.07, 6.45) is 2.08. The Morgan fingerprint density at radius 1 is 1.25 bits per heavy atom. The molecule has 1 fully saturated rings. The van der Waals surface area contributed by atoms with Gasteiger partial charge < -0.3 is 24.7 Å². The summed E-state index contributed by atoms with van der Waals surface area (Å²) in [5.74, 6) is 0.623. The van der Waals surface area contributed by atoms with E-state index in [9.17, 15) is 9.18 Å². The number of amidine groups is 1. The number of nitrogens with zero attached hydrogens (tertiary/aromatic N) is 4. The van der Waals surface area contributed by atoms with Crippen molar-refractivity contribution < 1.29 is 23.3 Å². The summed E-state index contributed by atoms with van der Waals surface area (Å²) in [4.78, 5) is 23.1. The monoisotopic (exact) mass is 438 g/mol. The zero-order chi connectivity index (χ0) is 21.9. The fourth-order valence-electron chi connectivity index (χ4n) is 3.45. The average Bonchev–Trinajstić information content (AvgIpc) is 3.48. The second-order valence-electron chi connectivity index (χ2n) is 7.18. The maximum atomic E-state index is 14.9. The van der Waals surface area contributed by atoms with Gasteiger partial charge in [-0.3, -0.25) is 9.88 Å². The van der Waals surface area contributed by atoms with Crippen molar-refractivity contribution in [1.82, 2.24) is 15.5 Å². The number of hydrogen-bond acceptors (Lipinski definition) is 9. The molecule has 32 heavy (non-hydrogen) atoms. The fourth-order valence-corrected chi connectivity index (χ4v) is 3.45. The minimum atomic E-state index is -0.530. The summed E-state index contributed by atoms with van der Waals surface area (Å²) in [5.41, 5.74) is 2.01. The predicted octanol–water partition coefficient (Wildman–Crippen LogP) is 2.59. The molecule has 0 spiro atoms. The van der Waals surface area contributed by atoms with Gasteiger partial charge in [-0.15, -0.1) is 0 Å². The number of ether oxygens (including phenoxy) is 1. The van der Waals surface area contributed by atoms with Crippen LogP contribution >= 0.6 is 0 Å². The number of aromatic nitrogens is 2. The van der Waals surface area contributed by atoms with E-state index in [1.807, 2.05) is 0 Å². The van der Waals surface area contributed by atoms with Crippen molar-refractivity contribution >= 4 is 23.4 Å². The molecule has 0 saturated carbocycles. The van der Waals surface area contributed by atoms with Crippen LogP contribution in [0.2, 0.25) is 0 Å². The van der Waals surface area contributed by atoms with E-state index in [4.69, 9.17) is 14.1 Å². The molecule has 1 amide bonds. The Bertz CT molecular complexity index is 1140. The van der Waals surface area contributed by atoms with Gasteiger partial charge in [0.2, 0.25) is 0 Å². The van der Waals surface area contributed by atoms with E-state index in [0.717, 1.165) is 0 Å². The molecule has 164 valence electrons. The fraction of sp³-hybridized carbons (Fsp3) is 0.238. The molecule has 2 N–H and O–H groups in total. The van der Waals surface area contributed by atoms with Crippen molar-refractivity contribution in [2.75, 3.05) is 36.5 Å². The molecule has 0 aliphatic carbocycles. The van der Waals surface area contributed by atoms with Crippen LogP contribution < -0.4 is 15.5 Å². The lowest BCUT2D eigenvalue weighted by Crippen LogP contribution is -2.32. The van der Waals surface area contributed by atoms with Gasteiger partial charge >= 0.3 is 6.09 Å². The molecule has 1 atom stereocenters. The number of carbonyl (C=O) groups is 1. The minimum Gasteiger partial charge on any atom is -0.442 e. The van der Waals surface area contributed by atoms with Crippen LogP contribution in [0, 0.1) is 5.82 Å². The van der Waals surface area contributed by atoms with Crippen LogP contribution in [0.5, 0.6) is 0 Å². The maximum absolute atomic E-state index is 14.9. The Morgan fingerprint density at radius 2 is 2.19 bits per heavy atom. The molecular weight excluding hydrogens is 419 g/mol. The summed E-state index contributed by atoms with van der Waals surface area (Å²) < 4.78 is 25.0. The van der Waals surface area contributed by atoms with E-state index in [1.165, 1.54) is 17.2 Å². The molecule has 1 unspecified atom stereocenters. The number of rotatable bonds is 6. The normalized spacial score (nSPS) is 17.9. The Labute approximate surface area is 182 Å². The topological polar surface area (TPSA) is 114 Å². The third-order valence-electron chi connectivity index (χ3n) is 5.05. The Kier molecular flexibility index (Phi) is 5.28. The number of pyridine rings is 1. The first-order chi connectivity index (χ1) is 15.7. The molecule has 11 heteroatoms. The highest BCUT2D eigenvalue weighted by molar-refractivity contribution is 5.97. The first-order valence-electron chi connectivity index (χ1n) is 10.00. The number of nitrogens with one attached hydrogen (secondary N) is 2. The Hall–Kier alpha value is -4.15. The summed E-state index contributed by atoms with van der Waals surface area (Å²) in [6.45, 7) is 1.80. The number of carbonyl (C=O) groups excluding carboxylic acids is 1. The Morgan fingerprint density at radius 3 is 2.91 bits per heavy atom. The van der Waals surface area contributed by atoms with Crippen molar-refractivity contribution in [1.29, 1.82) is 0 Å². The molecule has 1 saturated heterocycles. The summed E-state index contributed by atoms with van der Waals surface area (Å²) >= 11 is 0. The minimum absolute atomic E-state index is 0.288. The molecule has 10 nitrogen and oxygen atoms in total. The van der Waals surface area contributed by atoms with Crippen LogP contribution in [0.3, 0.4) is 0 Å². The molecule has 0 radical (unpaired) electrons. The standard InChI is InChI=1S/C21H19FN6O4/c22-17-9-14(28-12-15(32-21(28)29)11-25-19-5-7-30-26-19)2-3-16(17)13-1-4-18(24-10-13)20-23-6-8-31-27-20/h1-5,7,9-10,15H,6,8,11-12H2,(H,23,27)(H,25,26). The molecule has 1 aromatic carbocycles. The Balaban J connectivity index is 1.28. The van der Waals surface area contributed by atoms with E-state index in [-0.39, 0.29) is 6.54 Å². The van der Waals surface area contributed by atoms with Crippen molar-refractivity contribution in [2.45, 2.75) is 6.10 Å². The van der Waals surface area contributed by atoms with Crippen LogP contribution in [-0.4, -0.2) is 54.4 Å². The van der Waals surface area contributed by atoms with Crippen molar-refractivity contribution in [3.8, 4) is 11.1 Å². The highest BCUT2D eigenvalue weighted by Gasteiger charge is 2.32. The highest BCUT2D eigenvalue weighted by atomic mass is 19.1. The van der Waals surface area contributed by atoms with E-state index < -0.39 is 18.0 Å². The highest BCUT2D eigenvalue weighted by Crippen LogP contribution is 2.29. The second kappa shape index (κ2) is 8.53. The molecule has 0 bridgehead atoms. The number of amides is 1. The first kappa shape index (κ1) is 19.8. The number of anilines is 2. The molecule has 5 rings (SSSR count). The molecule has 3 aromatic rings. The third-order valence-corrected chi connectivity index (χ3v) is 5.05. The third kappa shape index (κ3) is 4.04. The van der Waals surface area contributed by atoms with Gasteiger partial charge in [-0.2, -0.15) is 0 Å². The zero-order valence-corrected chi connectivity index (χ0v) is 16.8. The molecule has 2 aromatic heterocycles. The summed E-state index contributed by atoms with van der Waals surface area (Å²) in [7, 11) is 0. The number of oxime groups is 1. The molecular formula is C21H19FN6O4. The van der Waals surface area contributed by atoms with Crippen LogP contribution in [0.25, 0.3) is 11.1 Å². The number of cyclic esters (lactones) is 1. The maximum Gasteiger partial charge on any atom is 0.414 e. The van der Waals surface area contributed by atoms with Crippen LogP contribution in [0.1, 0.15) is 5.69 Å². The van der Waals surface area contributed by atoms with Crippen LogP contribution in [-0.2, 0) is 9.57 Å². The summed E-state index contributed by atoms with van der Waals surface area (Å²) in [5, 5.41) is 13.8. The SMILES string of the molecule is O=C1OC(CNc2ccon2)CN1c1ccc(-c2ccc(C3=NOCCN3)nc2)c(F)c1. The van der Waals surface area contributed by atoms with E-state index >= 15 is 0 Å². The van der Waals surface area contributed by atoms with Gasteiger partial charge in [0, 0.05) is 23.4 Å². The van der Waals surface area contributed by atoms with Crippen molar-refractivity contribution in [2.24, 2.45) is 5.16 Å². The largest absolute Gasteiger partial charge is 0.442 e. The van der Waals surface area contributed by atoms with Crippen LogP contribution in [0.4, 0.5) is 20.7 Å². The smallest absolute Gasteiger partial charge is 0.414 e.